The molecular formula is C13H10ClF3N2O2S. The summed E-state index contributed by atoms with van der Waals surface area (Å²) in [4.78, 5) is 14.4. The van der Waals surface area contributed by atoms with Crippen LogP contribution in [0.2, 0.25) is 5.02 Å². The Hall–Kier alpha value is -1.80. The van der Waals surface area contributed by atoms with Gasteiger partial charge in [-0.3, -0.25) is 4.98 Å². The highest BCUT2D eigenvalue weighted by atomic mass is 35.5. The third-order valence-corrected chi connectivity index (χ3v) is 4.15. The molecule has 0 aliphatic rings. The van der Waals surface area contributed by atoms with Crippen molar-refractivity contribution in [3.8, 4) is 0 Å². The van der Waals surface area contributed by atoms with Crippen LogP contribution in [0.4, 0.5) is 18.9 Å². The fourth-order valence-electron chi connectivity index (χ4n) is 1.75. The zero-order valence-electron chi connectivity index (χ0n) is 11.1. The summed E-state index contributed by atoms with van der Waals surface area (Å²) in [5, 5.41) is 11.4. The summed E-state index contributed by atoms with van der Waals surface area (Å²) in [7, 11) is 0. The van der Waals surface area contributed by atoms with Crippen LogP contribution in [0.3, 0.4) is 0 Å². The summed E-state index contributed by atoms with van der Waals surface area (Å²) in [6.45, 7) is 1.54. The number of thiophene rings is 1. The second-order valence-electron chi connectivity index (χ2n) is 4.41. The number of halogens is 4. The minimum atomic E-state index is -4.60. The maximum absolute atomic E-state index is 13.3. The molecule has 0 spiro atoms. The Morgan fingerprint density at radius 3 is 2.68 bits per heavy atom. The van der Waals surface area contributed by atoms with Crippen LogP contribution in [0, 0.1) is 6.92 Å². The molecule has 4 nitrogen and oxygen atoms in total. The van der Waals surface area contributed by atoms with Gasteiger partial charge in [0.05, 0.1) is 16.4 Å². The zero-order valence-corrected chi connectivity index (χ0v) is 12.7. The maximum atomic E-state index is 13.3. The Morgan fingerprint density at radius 2 is 2.14 bits per heavy atom. The molecule has 1 atom stereocenters. The summed E-state index contributed by atoms with van der Waals surface area (Å²) in [6.07, 6.45) is -3.27. The monoisotopic (exact) mass is 350 g/mol. The van der Waals surface area contributed by atoms with E-state index in [0.29, 0.717) is 17.0 Å². The minimum Gasteiger partial charge on any atom is -0.477 e. The Kier molecular flexibility index (Phi) is 4.62. The van der Waals surface area contributed by atoms with E-state index in [4.69, 9.17) is 16.7 Å². The average molecular weight is 351 g/mol. The van der Waals surface area contributed by atoms with Gasteiger partial charge in [-0.05, 0) is 25.1 Å². The molecule has 1 unspecified atom stereocenters. The van der Waals surface area contributed by atoms with Gasteiger partial charge in [0, 0.05) is 11.1 Å². The number of carbonyl (C=O) groups is 1. The lowest BCUT2D eigenvalue weighted by molar-refractivity contribution is -0.143. The van der Waals surface area contributed by atoms with E-state index in [0.717, 1.165) is 12.1 Å². The largest absolute Gasteiger partial charge is 0.477 e. The highest BCUT2D eigenvalue weighted by Crippen LogP contribution is 2.39. The van der Waals surface area contributed by atoms with Gasteiger partial charge in [-0.2, -0.15) is 13.2 Å². The summed E-state index contributed by atoms with van der Waals surface area (Å²) >= 11 is 6.32. The second kappa shape index (κ2) is 6.13. The lowest BCUT2D eigenvalue weighted by Crippen LogP contribution is -2.27. The predicted molar refractivity (Wildman–Crippen MR) is 77.7 cm³/mol. The highest BCUT2D eigenvalue weighted by molar-refractivity contribution is 7.14. The van der Waals surface area contributed by atoms with Crippen molar-refractivity contribution >= 4 is 34.6 Å². The second-order valence-corrected chi connectivity index (χ2v) is 5.96. The fraction of sp³-hybridized carbons (Fsp3) is 0.231. The summed E-state index contributed by atoms with van der Waals surface area (Å²) in [5.74, 6) is -1.27. The molecule has 0 aliphatic carbocycles. The first-order valence-corrected chi connectivity index (χ1v) is 7.16. The van der Waals surface area contributed by atoms with E-state index in [1.165, 1.54) is 12.3 Å². The molecule has 118 valence electrons. The molecule has 0 saturated heterocycles. The Balaban J connectivity index is 2.38. The van der Waals surface area contributed by atoms with Crippen LogP contribution in [0.1, 0.15) is 26.3 Å². The zero-order chi connectivity index (χ0) is 16.5. The fourth-order valence-corrected chi connectivity index (χ4v) is 2.83. The van der Waals surface area contributed by atoms with Crippen LogP contribution in [-0.4, -0.2) is 22.2 Å². The van der Waals surface area contributed by atoms with E-state index in [-0.39, 0.29) is 20.5 Å². The van der Waals surface area contributed by atoms with Gasteiger partial charge >= 0.3 is 12.1 Å². The van der Waals surface area contributed by atoms with Crippen LogP contribution in [0.5, 0.6) is 0 Å². The third-order valence-electron chi connectivity index (χ3n) is 2.80. The number of aromatic nitrogens is 1. The van der Waals surface area contributed by atoms with E-state index in [9.17, 15) is 18.0 Å². The molecule has 0 radical (unpaired) electrons. The van der Waals surface area contributed by atoms with Gasteiger partial charge in [0.2, 0.25) is 0 Å². The number of anilines is 1. The lowest BCUT2D eigenvalue weighted by Gasteiger charge is -2.22. The van der Waals surface area contributed by atoms with Crippen molar-refractivity contribution in [3.63, 3.8) is 0 Å². The lowest BCUT2D eigenvalue weighted by atomic mass is 10.2. The Labute approximate surface area is 132 Å². The molecule has 9 heteroatoms. The average Bonchev–Trinajstić information content (AvgIpc) is 2.87. The van der Waals surface area contributed by atoms with Gasteiger partial charge in [0.15, 0.2) is 6.04 Å². The summed E-state index contributed by atoms with van der Waals surface area (Å²) in [6, 6.07) is 1.59. The number of aromatic carboxylic acids is 1. The first-order chi connectivity index (χ1) is 10.2. The molecule has 2 heterocycles. The molecule has 0 bridgehead atoms. The van der Waals surface area contributed by atoms with Gasteiger partial charge in [0.25, 0.3) is 0 Å². The molecule has 2 N–H and O–H groups in total. The van der Waals surface area contributed by atoms with Crippen molar-refractivity contribution in [2.45, 2.75) is 19.1 Å². The number of nitrogens with zero attached hydrogens (tertiary/aromatic N) is 1. The number of aryl methyl sites for hydroxylation is 1. The molecule has 22 heavy (non-hydrogen) atoms. The number of carboxylic acids is 1. The standard InChI is InChI=1S/C13H10ClF3N2O2S/c1-6-8(4-7(14)5-18-6)19-11(13(15,16)17)9-2-3-10(22-9)12(20)21/h2-5,11,19H,1H3,(H,20,21). The van der Waals surface area contributed by atoms with Crippen molar-refractivity contribution in [1.82, 2.24) is 4.98 Å². The maximum Gasteiger partial charge on any atom is 0.413 e. The number of pyridine rings is 1. The molecule has 2 rings (SSSR count). The number of alkyl halides is 3. The SMILES string of the molecule is Cc1ncc(Cl)cc1NC(c1ccc(C(=O)O)s1)C(F)(F)F. The number of hydrogen-bond acceptors (Lipinski definition) is 4. The van der Waals surface area contributed by atoms with Crippen LogP contribution in [0.25, 0.3) is 0 Å². The molecular weight excluding hydrogens is 341 g/mol. The quantitative estimate of drug-likeness (QED) is 0.851. The molecule has 0 amide bonds. The Bertz CT molecular complexity index is 703. The van der Waals surface area contributed by atoms with Crippen LogP contribution in [-0.2, 0) is 0 Å². The highest BCUT2D eigenvalue weighted by Gasteiger charge is 2.42. The molecule has 0 aliphatic heterocycles. The van der Waals surface area contributed by atoms with E-state index in [2.05, 4.69) is 10.3 Å². The van der Waals surface area contributed by atoms with Crippen LogP contribution in [0.15, 0.2) is 24.4 Å². The van der Waals surface area contributed by atoms with Gasteiger partial charge in [-0.15, -0.1) is 11.3 Å². The van der Waals surface area contributed by atoms with Crippen molar-refractivity contribution in [2.24, 2.45) is 0 Å². The predicted octanol–water partition coefficient (Wildman–Crippen LogP) is 4.52. The normalized spacial score (nSPS) is 13.0. The first-order valence-electron chi connectivity index (χ1n) is 5.97. The van der Waals surface area contributed by atoms with Crippen molar-refractivity contribution in [1.29, 1.82) is 0 Å². The summed E-state index contributed by atoms with van der Waals surface area (Å²) in [5.41, 5.74) is 0.494. The molecule has 0 saturated carbocycles. The van der Waals surface area contributed by atoms with Crippen LogP contribution < -0.4 is 5.32 Å². The van der Waals surface area contributed by atoms with Gasteiger partial charge in [-0.25, -0.2) is 4.79 Å². The first kappa shape index (κ1) is 16.6. The third kappa shape index (κ3) is 3.69. The molecule has 2 aromatic rings. The van der Waals surface area contributed by atoms with Gasteiger partial charge < -0.3 is 10.4 Å². The van der Waals surface area contributed by atoms with Crippen molar-refractivity contribution in [3.05, 3.63) is 44.9 Å². The van der Waals surface area contributed by atoms with Gasteiger partial charge in [-0.1, -0.05) is 11.6 Å². The van der Waals surface area contributed by atoms with Gasteiger partial charge in [0.1, 0.15) is 4.88 Å². The van der Waals surface area contributed by atoms with E-state index in [1.807, 2.05) is 0 Å². The number of rotatable bonds is 4. The van der Waals surface area contributed by atoms with E-state index in [1.54, 1.807) is 6.92 Å². The number of nitrogens with one attached hydrogen (secondary N) is 1. The van der Waals surface area contributed by atoms with Crippen LogP contribution >= 0.6 is 22.9 Å². The Morgan fingerprint density at radius 1 is 1.45 bits per heavy atom. The van der Waals surface area contributed by atoms with E-state index < -0.39 is 18.2 Å². The van der Waals surface area contributed by atoms with Crippen molar-refractivity contribution in [2.75, 3.05) is 5.32 Å². The molecule has 0 aromatic carbocycles. The summed E-state index contributed by atoms with van der Waals surface area (Å²) < 4.78 is 39.8. The number of carboxylic acid groups (broad SMARTS) is 1. The topological polar surface area (TPSA) is 62.2 Å². The number of hydrogen-bond donors (Lipinski definition) is 2. The van der Waals surface area contributed by atoms with Crippen molar-refractivity contribution < 1.29 is 23.1 Å². The molecule has 2 aromatic heterocycles. The molecule has 0 fully saturated rings. The minimum absolute atomic E-state index is 0.139. The smallest absolute Gasteiger partial charge is 0.413 e. The van der Waals surface area contributed by atoms with E-state index >= 15 is 0 Å².